The zero-order valence-electron chi connectivity index (χ0n) is 8.55. The first-order valence-electron chi connectivity index (χ1n) is 3.23. The zero-order chi connectivity index (χ0) is 7.11. The topological polar surface area (TPSA) is 9.23 Å². The molecule has 1 radical (unpaired) electrons. The SMILES string of the molecule is C[C-]=C(C)OCC[CH-]C.[CH3-].[Y+3].[Y]. The van der Waals surface area contributed by atoms with Crippen molar-refractivity contribution < 1.29 is 70.2 Å². The van der Waals surface area contributed by atoms with Crippen LogP contribution in [0.25, 0.3) is 0 Å². The molecule has 0 atom stereocenters. The largest absolute Gasteiger partial charge is 3.00 e. The Hall–Kier alpha value is 1.75. The molecule has 0 fully saturated rings. The second-order valence-electron chi connectivity index (χ2n) is 1.85. The molecule has 65 valence electrons. The summed E-state index contributed by atoms with van der Waals surface area (Å²) >= 11 is 0. The molecular weight excluding hydrogens is 302 g/mol. The first kappa shape index (κ1) is 23.5. The molecule has 0 rings (SSSR count). The van der Waals surface area contributed by atoms with Gasteiger partial charge in [0.25, 0.3) is 0 Å². The van der Waals surface area contributed by atoms with Crippen LogP contribution in [0.2, 0.25) is 0 Å². The van der Waals surface area contributed by atoms with Gasteiger partial charge < -0.3 is 24.7 Å². The van der Waals surface area contributed by atoms with Crippen molar-refractivity contribution in [3.05, 3.63) is 25.7 Å². The molecule has 0 aromatic carbocycles. The summed E-state index contributed by atoms with van der Waals surface area (Å²) in [6.07, 6.45) is 6.00. The number of allylic oxidation sites excluding steroid dienone is 2. The van der Waals surface area contributed by atoms with Crippen LogP contribution < -0.4 is 0 Å². The molecule has 0 unspecified atom stereocenters. The van der Waals surface area contributed by atoms with Crippen LogP contribution in [0.1, 0.15) is 27.2 Å². The molecule has 0 N–H and O–H groups in total. The number of rotatable bonds is 4. The maximum Gasteiger partial charge on any atom is 3.00 e. The Morgan fingerprint density at radius 2 is 2.00 bits per heavy atom. The minimum atomic E-state index is 0. The fourth-order valence-corrected chi connectivity index (χ4v) is 0.402. The Morgan fingerprint density at radius 1 is 1.50 bits per heavy atom. The van der Waals surface area contributed by atoms with E-state index in [1.807, 2.05) is 20.8 Å². The number of hydrogen-bond acceptors (Lipinski definition) is 1. The van der Waals surface area contributed by atoms with E-state index in [1.54, 1.807) is 0 Å². The van der Waals surface area contributed by atoms with Gasteiger partial charge in [0.2, 0.25) is 0 Å². The quantitative estimate of drug-likeness (QED) is 0.440. The van der Waals surface area contributed by atoms with E-state index in [0.717, 1.165) is 18.8 Å². The average molecular weight is 319 g/mol. The van der Waals surface area contributed by atoms with Crippen LogP contribution in [0.3, 0.4) is 0 Å². The Labute approximate surface area is 128 Å². The molecule has 0 bridgehead atoms. The van der Waals surface area contributed by atoms with Gasteiger partial charge in [-0.1, -0.05) is 5.76 Å². The minimum Gasteiger partial charge on any atom is -0.538 e. The Balaban J connectivity index is -0.000000107. The van der Waals surface area contributed by atoms with Crippen molar-refractivity contribution in [2.24, 2.45) is 0 Å². The van der Waals surface area contributed by atoms with Crippen LogP contribution in [0, 0.1) is 19.9 Å². The van der Waals surface area contributed by atoms with Crippen molar-refractivity contribution in [3.8, 4) is 0 Å². The van der Waals surface area contributed by atoms with Crippen LogP contribution >= 0.6 is 0 Å². The van der Waals surface area contributed by atoms with Gasteiger partial charge in [0.1, 0.15) is 0 Å². The first-order chi connectivity index (χ1) is 4.31. The third-order valence-electron chi connectivity index (χ3n) is 1.08. The fraction of sp³-hybridized carbons (Fsp3) is 0.556. The molecular formula is C9H17OY2. The first-order valence-corrected chi connectivity index (χ1v) is 3.23. The molecule has 0 spiro atoms. The Bertz CT molecular complexity index is 92.5. The minimum absolute atomic E-state index is 0. The van der Waals surface area contributed by atoms with E-state index in [-0.39, 0.29) is 72.8 Å². The molecule has 0 saturated carbocycles. The standard InChI is InChI=1S/C8H14O.CH3.2Y/c1-4-6-7-9-8(3)5-2;;;/h4H,6-7H2,1-3H3;1H3;;/q-2;-1;;+3. The average Bonchev–Trinajstić information content (AvgIpc) is 1.89. The van der Waals surface area contributed by atoms with E-state index in [2.05, 4.69) is 12.5 Å². The summed E-state index contributed by atoms with van der Waals surface area (Å²) in [5.41, 5.74) is 0. The maximum atomic E-state index is 5.21. The molecule has 12 heavy (non-hydrogen) atoms. The summed E-state index contributed by atoms with van der Waals surface area (Å²) in [6, 6.07) is 0. The molecule has 0 aliphatic rings. The van der Waals surface area contributed by atoms with E-state index in [9.17, 15) is 0 Å². The molecule has 0 amide bonds. The third-order valence-corrected chi connectivity index (χ3v) is 1.08. The van der Waals surface area contributed by atoms with Crippen LogP contribution in [-0.4, -0.2) is 6.61 Å². The van der Waals surface area contributed by atoms with Gasteiger partial charge >= 0.3 is 32.7 Å². The van der Waals surface area contributed by atoms with Crippen molar-refractivity contribution in [1.29, 1.82) is 0 Å². The van der Waals surface area contributed by atoms with Gasteiger partial charge in [-0.05, 0) is 6.92 Å². The van der Waals surface area contributed by atoms with E-state index < -0.39 is 0 Å². The van der Waals surface area contributed by atoms with E-state index in [0.29, 0.717) is 0 Å². The summed E-state index contributed by atoms with van der Waals surface area (Å²) in [5, 5.41) is 0. The predicted octanol–water partition coefficient (Wildman–Crippen LogP) is 2.79. The summed E-state index contributed by atoms with van der Waals surface area (Å²) in [4.78, 5) is 0. The van der Waals surface area contributed by atoms with Crippen LogP contribution in [-0.2, 0) is 70.2 Å². The Kier molecular flexibility index (Phi) is 36.3. The van der Waals surface area contributed by atoms with Crippen molar-refractivity contribution in [2.75, 3.05) is 6.61 Å². The van der Waals surface area contributed by atoms with Gasteiger partial charge in [0, 0.05) is 32.7 Å². The molecule has 3 heteroatoms. The molecule has 1 nitrogen and oxygen atoms in total. The van der Waals surface area contributed by atoms with Crippen molar-refractivity contribution in [3.63, 3.8) is 0 Å². The van der Waals surface area contributed by atoms with Gasteiger partial charge in [-0.3, -0.25) is 0 Å². The van der Waals surface area contributed by atoms with Gasteiger partial charge in [-0.25, -0.2) is 0 Å². The second kappa shape index (κ2) is 18.5. The van der Waals surface area contributed by atoms with Gasteiger partial charge in [0.15, 0.2) is 0 Å². The van der Waals surface area contributed by atoms with Crippen molar-refractivity contribution in [1.82, 2.24) is 0 Å². The fourth-order valence-electron chi connectivity index (χ4n) is 0.402. The Morgan fingerprint density at radius 3 is 2.33 bits per heavy atom. The number of ether oxygens (including phenoxy) is 1. The molecule has 0 saturated heterocycles. The number of unbranched alkanes of at least 4 members (excludes halogenated alkanes) is 1. The summed E-state index contributed by atoms with van der Waals surface area (Å²) < 4.78 is 5.21. The summed E-state index contributed by atoms with van der Waals surface area (Å²) in [5.74, 6) is 0.886. The second-order valence-corrected chi connectivity index (χ2v) is 1.85. The molecule has 0 aromatic heterocycles. The summed E-state index contributed by atoms with van der Waals surface area (Å²) in [6.45, 7) is 6.57. The van der Waals surface area contributed by atoms with Crippen LogP contribution in [0.15, 0.2) is 5.76 Å². The van der Waals surface area contributed by atoms with Crippen molar-refractivity contribution >= 4 is 0 Å². The predicted molar refractivity (Wildman–Crippen MR) is 45.1 cm³/mol. The van der Waals surface area contributed by atoms with Gasteiger partial charge in [0.05, 0.1) is 6.61 Å². The third kappa shape index (κ3) is 17.7. The smallest absolute Gasteiger partial charge is 0.538 e. The molecule has 0 heterocycles. The normalized spacial score (nSPS) is 8.75. The van der Waals surface area contributed by atoms with E-state index in [1.165, 1.54) is 0 Å². The van der Waals surface area contributed by atoms with E-state index >= 15 is 0 Å². The monoisotopic (exact) mass is 319 g/mol. The van der Waals surface area contributed by atoms with Gasteiger partial charge in [-0.15, -0.1) is 6.42 Å². The molecule has 0 aliphatic carbocycles. The van der Waals surface area contributed by atoms with E-state index in [4.69, 9.17) is 4.74 Å². The van der Waals surface area contributed by atoms with Crippen LogP contribution in [0.4, 0.5) is 0 Å². The van der Waals surface area contributed by atoms with Crippen molar-refractivity contribution in [2.45, 2.75) is 27.2 Å². The molecule has 0 aromatic rings. The zero-order valence-corrected chi connectivity index (χ0v) is 14.2. The molecule has 0 aliphatic heterocycles. The van der Waals surface area contributed by atoms with Crippen LogP contribution in [0.5, 0.6) is 0 Å². The maximum absolute atomic E-state index is 5.21. The van der Waals surface area contributed by atoms with Gasteiger partial charge in [-0.2, -0.15) is 13.8 Å². The summed E-state index contributed by atoms with van der Waals surface area (Å²) in [7, 11) is 0. The number of hydrogen-bond donors (Lipinski definition) is 0.